The highest BCUT2D eigenvalue weighted by molar-refractivity contribution is 9.10. The molecule has 2 rings (SSSR count). The van der Waals surface area contributed by atoms with Gasteiger partial charge in [-0.1, -0.05) is 0 Å². The summed E-state index contributed by atoms with van der Waals surface area (Å²) in [5.74, 6) is -0.791. The van der Waals surface area contributed by atoms with Crippen LogP contribution in [0.15, 0.2) is 28.3 Å². The molecule has 0 fully saturated rings. The molecule has 5 nitrogen and oxygen atoms in total. The fourth-order valence-corrected chi connectivity index (χ4v) is 3.34. The van der Waals surface area contributed by atoms with Crippen LogP contribution in [0.4, 0.5) is 0 Å². The Morgan fingerprint density at radius 2 is 2.47 bits per heavy atom. The molecule has 1 unspecified atom stereocenters. The van der Waals surface area contributed by atoms with E-state index in [-0.39, 0.29) is 12.3 Å². The van der Waals surface area contributed by atoms with E-state index in [1.807, 2.05) is 17.6 Å². The van der Waals surface area contributed by atoms with Crippen LogP contribution < -0.4 is 5.32 Å². The molecule has 0 spiro atoms. The first kappa shape index (κ1) is 14.2. The van der Waals surface area contributed by atoms with Crippen molar-refractivity contribution in [1.29, 1.82) is 0 Å². The van der Waals surface area contributed by atoms with E-state index in [0.29, 0.717) is 13.1 Å². The maximum absolute atomic E-state index is 10.9. The van der Waals surface area contributed by atoms with Gasteiger partial charge in [-0.05, 0) is 22.0 Å². The Bertz CT molecular complexity index is 527. The molecule has 0 aliphatic rings. The summed E-state index contributed by atoms with van der Waals surface area (Å²) < 4.78 is 0.998. The fraction of sp³-hybridized carbons (Fsp3) is 0.333. The third kappa shape index (κ3) is 4.45. The first-order valence-electron chi connectivity index (χ1n) is 5.79. The van der Waals surface area contributed by atoms with Gasteiger partial charge in [-0.25, -0.2) is 0 Å². The standard InChI is InChI=1S/C12H14BrN3O2S/c13-10-2-11(19-7-10)9(1-12(17)18)6-14-3-8-4-15-16-5-8/h2,4-5,7,9,14H,1,3,6H2,(H,15,16)(H,17,18). The Kier molecular flexibility index (Phi) is 5.12. The third-order valence-electron chi connectivity index (χ3n) is 2.69. The van der Waals surface area contributed by atoms with Crippen LogP contribution in [0.25, 0.3) is 0 Å². The Hall–Kier alpha value is -1.18. The summed E-state index contributed by atoms with van der Waals surface area (Å²) >= 11 is 4.98. The number of H-pyrrole nitrogens is 1. The monoisotopic (exact) mass is 343 g/mol. The van der Waals surface area contributed by atoms with E-state index in [2.05, 4.69) is 31.4 Å². The molecular formula is C12H14BrN3O2S. The average Bonchev–Trinajstić information content (AvgIpc) is 2.98. The van der Waals surface area contributed by atoms with Gasteiger partial charge in [0.1, 0.15) is 0 Å². The maximum Gasteiger partial charge on any atom is 0.304 e. The minimum atomic E-state index is -0.778. The second kappa shape index (κ2) is 6.83. The minimum Gasteiger partial charge on any atom is -0.481 e. The molecule has 2 aromatic rings. The number of aromatic nitrogens is 2. The molecule has 0 saturated carbocycles. The summed E-state index contributed by atoms with van der Waals surface area (Å²) in [6.07, 6.45) is 3.70. The molecular weight excluding hydrogens is 330 g/mol. The largest absolute Gasteiger partial charge is 0.481 e. The van der Waals surface area contributed by atoms with E-state index < -0.39 is 5.97 Å². The zero-order valence-electron chi connectivity index (χ0n) is 10.1. The van der Waals surface area contributed by atoms with Crippen LogP contribution >= 0.6 is 27.3 Å². The molecule has 3 N–H and O–H groups in total. The third-order valence-corrected chi connectivity index (χ3v) is 4.54. The van der Waals surface area contributed by atoms with Crippen molar-refractivity contribution in [3.63, 3.8) is 0 Å². The minimum absolute atomic E-state index is 0.0132. The van der Waals surface area contributed by atoms with Crippen LogP contribution in [0.2, 0.25) is 0 Å². The molecule has 19 heavy (non-hydrogen) atoms. The maximum atomic E-state index is 10.9. The highest BCUT2D eigenvalue weighted by Crippen LogP contribution is 2.28. The topological polar surface area (TPSA) is 78.0 Å². The Morgan fingerprint density at radius 3 is 3.05 bits per heavy atom. The van der Waals surface area contributed by atoms with Gasteiger partial charge in [-0.15, -0.1) is 11.3 Å². The van der Waals surface area contributed by atoms with Crippen molar-refractivity contribution in [2.45, 2.75) is 18.9 Å². The molecule has 0 radical (unpaired) electrons. The number of carboxylic acid groups (broad SMARTS) is 1. The summed E-state index contributed by atoms with van der Waals surface area (Å²) in [6, 6.07) is 1.98. The number of rotatable bonds is 7. The van der Waals surface area contributed by atoms with Gasteiger partial charge in [0, 0.05) is 45.5 Å². The Morgan fingerprint density at radius 1 is 1.63 bits per heavy atom. The Labute approximate surface area is 123 Å². The lowest BCUT2D eigenvalue weighted by molar-refractivity contribution is -0.137. The molecule has 0 amide bonds. The zero-order chi connectivity index (χ0) is 13.7. The van der Waals surface area contributed by atoms with Gasteiger partial charge in [-0.3, -0.25) is 9.89 Å². The molecule has 7 heteroatoms. The molecule has 2 aromatic heterocycles. The van der Waals surface area contributed by atoms with Crippen molar-refractivity contribution in [1.82, 2.24) is 15.5 Å². The van der Waals surface area contributed by atoms with Crippen molar-refractivity contribution in [2.24, 2.45) is 0 Å². The van der Waals surface area contributed by atoms with Crippen molar-refractivity contribution in [3.8, 4) is 0 Å². The normalized spacial score (nSPS) is 12.5. The summed E-state index contributed by atoms with van der Waals surface area (Å²) in [6.45, 7) is 1.31. The molecule has 102 valence electrons. The molecule has 2 heterocycles. The number of thiophene rings is 1. The fourth-order valence-electron chi connectivity index (χ4n) is 1.79. The van der Waals surface area contributed by atoms with Gasteiger partial charge < -0.3 is 10.4 Å². The highest BCUT2D eigenvalue weighted by Gasteiger charge is 2.17. The van der Waals surface area contributed by atoms with Crippen molar-refractivity contribution >= 4 is 33.2 Å². The van der Waals surface area contributed by atoms with Gasteiger partial charge in [0.15, 0.2) is 0 Å². The van der Waals surface area contributed by atoms with E-state index in [4.69, 9.17) is 5.11 Å². The van der Waals surface area contributed by atoms with Crippen LogP contribution in [0.3, 0.4) is 0 Å². The van der Waals surface area contributed by atoms with Crippen molar-refractivity contribution in [2.75, 3.05) is 6.54 Å². The molecule has 0 aromatic carbocycles. The van der Waals surface area contributed by atoms with E-state index in [0.717, 1.165) is 14.9 Å². The smallest absolute Gasteiger partial charge is 0.304 e. The summed E-state index contributed by atoms with van der Waals surface area (Å²) in [7, 11) is 0. The number of hydrogen-bond donors (Lipinski definition) is 3. The second-order valence-electron chi connectivity index (χ2n) is 4.20. The van der Waals surface area contributed by atoms with Crippen LogP contribution in [0, 0.1) is 0 Å². The van der Waals surface area contributed by atoms with Crippen LogP contribution in [-0.4, -0.2) is 27.8 Å². The quantitative estimate of drug-likeness (QED) is 0.721. The number of aromatic amines is 1. The lowest BCUT2D eigenvalue weighted by atomic mass is 10.0. The van der Waals surface area contributed by atoms with Gasteiger partial charge in [-0.2, -0.15) is 5.10 Å². The first-order valence-corrected chi connectivity index (χ1v) is 7.46. The molecule has 0 bridgehead atoms. The predicted molar refractivity (Wildman–Crippen MR) is 77.3 cm³/mol. The van der Waals surface area contributed by atoms with Crippen LogP contribution in [0.1, 0.15) is 22.8 Å². The molecule has 0 saturated heterocycles. The first-order chi connectivity index (χ1) is 9.15. The van der Waals surface area contributed by atoms with E-state index in [1.165, 1.54) is 0 Å². The van der Waals surface area contributed by atoms with Gasteiger partial charge in [0.25, 0.3) is 0 Å². The average molecular weight is 344 g/mol. The SMILES string of the molecule is O=C(O)CC(CNCc1cn[nH]c1)c1cc(Br)cs1. The molecule has 0 aliphatic heterocycles. The number of hydrogen-bond acceptors (Lipinski definition) is 4. The number of carboxylic acids is 1. The Balaban J connectivity index is 1.92. The zero-order valence-corrected chi connectivity index (χ0v) is 12.5. The number of carbonyl (C=O) groups is 1. The number of nitrogens with zero attached hydrogens (tertiary/aromatic N) is 1. The van der Waals surface area contributed by atoms with Crippen molar-refractivity contribution < 1.29 is 9.90 Å². The predicted octanol–water partition coefficient (Wildman–Crippen LogP) is 2.58. The number of aliphatic carboxylic acids is 1. The number of halogens is 1. The van der Waals surface area contributed by atoms with E-state index >= 15 is 0 Å². The van der Waals surface area contributed by atoms with E-state index in [9.17, 15) is 4.79 Å². The summed E-state index contributed by atoms with van der Waals surface area (Å²) in [4.78, 5) is 12.0. The lowest BCUT2D eigenvalue weighted by Gasteiger charge is -2.13. The molecule has 1 atom stereocenters. The number of nitrogens with one attached hydrogen (secondary N) is 2. The highest BCUT2D eigenvalue weighted by atomic mass is 79.9. The van der Waals surface area contributed by atoms with Gasteiger partial charge in [0.05, 0.1) is 12.6 Å². The van der Waals surface area contributed by atoms with Gasteiger partial charge >= 0.3 is 5.97 Å². The van der Waals surface area contributed by atoms with Crippen molar-refractivity contribution in [3.05, 3.63) is 38.8 Å². The lowest BCUT2D eigenvalue weighted by Crippen LogP contribution is -2.22. The van der Waals surface area contributed by atoms with Gasteiger partial charge in [0.2, 0.25) is 0 Å². The summed E-state index contributed by atoms with van der Waals surface area (Å²) in [5, 5.41) is 20.8. The second-order valence-corrected chi connectivity index (χ2v) is 6.06. The molecule has 0 aliphatic carbocycles. The summed E-state index contributed by atoms with van der Waals surface area (Å²) in [5.41, 5.74) is 1.06. The van der Waals surface area contributed by atoms with E-state index in [1.54, 1.807) is 17.5 Å². The van der Waals surface area contributed by atoms with Crippen LogP contribution in [0.5, 0.6) is 0 Å². The van der Waals surface area contributed by atoms with Crippen LogP contribution in [-0.2, 0) is 11.3 Å².